The zero-order valence-electron chi connectivity index (χ0n) is 13.0. The number of rotatable bonds is 3. The Bertz CT molecular complexity index is 952. The summed E-state index contributed by atoms with van der Waals surface area (Å²) in [5.74, 6) is -0.464. The second kappa shape index (κ2) is 6.41. The molecule has 0 aliphatic carbocycles. The molecule has 2 aromatic heterocycles. The lowest BCUT2D eigenvalue weighted by molar-refractivity contribution is 0.408. The standard InChI is InChI=1S/C17H13ClFN3O2/c1-10-4-3-5-12(19)16(10)24-17-20-13(8-14(18)21-17)11-6-7-15(23)22(2)9-11/h3-9H,1-2H3. The molecule has 0 amide bonds. The van der Waals surface area contributed by atoms with Crippen molar-refractivity contribution in [3.63, 3.8) is 0 Å². The van der Waals surface area contributed by atoms with Crippen molar-refractivity contribution in [2.45, 2.75) is 6.92 Å². The van der Waals surface area contributed by atoms with Crippen LogP contribution >= 0.6 is 11.6 Å². The predicted octanol–water partition coefficient (Wildman–Crippen LogP) is 3.74. The number of para-hydroxylation sites is 1. The van der Waals surface area contributed by atoms with E-state index in [1.807, 2.05) is 0 Å². The fourth-order valence-electron chi connectivity index (χ4n) is 2.17. The maximum atomic E-state index is 13.9. The summed E-state index contributed by atoms with van der Waals surface area (Å²) in [6.07, 6.45) is 1.62. The third-order valence-electron chi connectivity index (χ3n) is 3.41. The van der Waals surface area contributed by atoms with E-state index < -0.39 is 5.82 Å². The number of hydrogen-bond acceptors (Lipinski definition) is 4. The molecule has 5 nitrogen and oxygen atoms in total. The summed E-state index contributed by atoms with van der Waals surface area (Å²) in [6, 6.07) is 9.12. The first-order valence-corrected chi connectivity index (χ1v) is 7.46. The van der Waals surface area contributed by atoms with Crippen molar-refractivity contribution >= 4 is 11.6 Å². The van der Waals surface area contributed by atoms with Gasteiger partial charge in [0.25, 0.3) is 0 Å². The van der Waals surface area contributed by atoms with Gasteiger partial charge in [-0.25, -0.2) is 4.39 Å². The van der Waals surface area contributed by atoms with Crippen LogP contribution in [0.2, 0.25) is 5.15 Å². The normalized spacial score (nSPS) is 10.7. The molecule has 0 atom stereocenters. The average Bonchev–Trinajstić information content (AvgIpc) is 2.53. The van der Waals surface area contributed by atoms with Gasteiger partial charge >= 0.3 is 6.01 Å². The van der Waals surface area contributed by atoms with Crippen molar-refractivity contribution in [3.05, 3.63) is 69.5 Å². The molecule has 0 saturated carbocycles. The van der Waals surface area contributed by atoms with Crippen LogP contribution < -0.4 is 10.3 Å². The average molecular weight is 346 g/mol. The third-order valence-corrected chi connectivity index (χ3v) is 3.61. The highest BCUT2D eigenvalue weighted by Gasteiger charge is 2.12. The highest BCUT2D eigenvalue weighted by atomic mass is 35.5. The first-order chi connectivity index (χ1) is 11.4. The number of aryl methyl sites for hydroxylation is 2. The maximum Gasteiger partial charge on any atom is 0.324 e. The van der Waals surface area contributed by atoms with Gasteiger partial charge in [-0.2, -0.15) is 9.97 Å². The lowest BCUT2D eigenvalue weighted by atomic mass is 10.2. The van der Waals surface area contributed by atoms with Gasteiger partial charge in [-0.3, -0.25) is 4.79 Å². The van der Waals surface area contributed by atoms with E-state index in [9.17, 15) is 9.18 Å². The van der Waals surface area contributed by atoms with Crippen molar-refractivity contribution in [1.29, 1.82) is 0 Å². The molecule has 0 N–H and O–H groups in total. The monoisotopic (exact) mass is 345 g/mol. The van der Waals surface area contributed by atoms with Gasteiger partial charge in [-0.05, 0) is 24.6 Å². The first kappa shape index (κ1) is 16.1. The summed E-state index contributed by atoms with van der Waals surface area (Å²) < 4.78 is 20.8. The SMILES string of the molecule is Cc1cccc(F)c1Oc1nc(Cl)cc(-c2ccc(=O)n(C)c2)n1. The minimum atomic E-state index is -0.512. The Morgan fingerprint density at radius 1 is 1.21 bits per heavy atom. The van der Waals surface area contributed by atoms with Gasteiger partial charge in [0.1, 0.15) is 5.15 Å². The van der Waals surface area contributed by atoms with E-state index >= 15 is 0 Å². The lowest BCUT2D eigenvalue weighted by Crippen LogP contribution is -2.14. The van der Waals surface area contributed by atoms with Crippen molar-refractivity contribution in [2.75, 3.05) is 0 Å². The van der Waals surface area contributed by atoms with E-state index in [-0.39, 0.29) is 22.5 Å². The van der Waals surface area contributed by atoms with Crippen LogP contribution in [-0.4, -0.2) is 14.5 Å². The molecular weight excluding hydrogens is 333 g/mol. The second-order valence-electron chi connectivity index (χ2n) is 5.21. The quantitative estimate of drug-likeness (QED) is 0.679. The van der Waals surface area contributed by atoms with Gasteiger partial charge in [-0.15, -0.1) is 0 Å². The number of pyridine rings is 1. The molecule has 1 aromatic carbocycles. The third kappa shape index (κ3) is 3.28. The van der Waals surface area contributed by atoms with Crippen LogP contribution in [0, 0.1) is 12.7 Å². The van der Waals surface area contributed by atoms with Gasteiger partial charge < -0.3 is 9.30 Å². The van der Waals surface area contributed by atoms with Crippen LogP contribution in [0.5, 0.6) is 11.8 Å². The highest BCUT2D eigenvalue weighted by Crippen LogP contribution is 2.28. The van der Waals surface area contributed by atoms with Crippen LogP contribution in [0.15, 0.2) is 47.4 Å². The van der Waals surface area contributed by atoms with E-state index in [0.29, 0.717) is 16.8 Å². The number of ether oxygens (including phenoxy) is 1. The largest absolute Gasteiger partial charge is 0.421 e. The minimum Gasteiger partial charge on any atom is -0.421 e. The predicted molar refractivity (Wildman–Crippen MR) is 88.9 cm³/mol. The Labute approximate surface area is 142 Å². The van der Waals surface area contributed by atoms with E-state index in [0.717, 1.165) is 0 Å². The molecule has 24 heavy (non-hydrogen) atoms. The summed E-state index contributed by atoms with van der Waals surface area (Å²) in [7, 11) is 1.63. The van der Waals surface area contributed by atoms with Crippen LogP contribution in [0.1, 0.15) is 5.56 Å². The number of nitrogens with zero attached hydrogens (tertiary/aromatic N) is 3. The Hall–Kier alpha value is -2.73. The summed E-state index contributed by atoms with van der Waals surface area (Å²) >= 11 is 6.02. The molecule has 0 aliphatic rings. The molecule has 2 heterocycles. The molecule has 0 aliphatic heterocycles. The Morgan fingerprint density at radius 3 is 2.71 bits per heavy atom. The molecule has 122 valence electrons. The zero-order valence-corrected chi connectivity index (χ0v) is 13.7. The van der Waals surface area contributed by atoms with Crippen molar-refractivity contribution in [1.82, 2.24) is 14.5 Å². The molecule has 7 heteroatoms. The molecule has 0 bridgehead atoms. The molecule has 0 spiro atoms. The fourth-order valence-corrected chi connectivity index (χ4v) is 2.35. The molecule has 0 saturated heterocycles. The van der Waals surface area contributed by atoms with Crippen molar-refractivity contribution in [2.24, 2.45) is 7.05 Å². The number of aromatic nitrogens is 3. The molecular formula is C17H13ClFN3O2. The first-order valence-electron chi connectivity index (χ1n) is 7.08. The zero-order chi connectivity index (χ0) is 17.3. The number of hydrogen-bond donors (Lipinski definition) is 0. The van der Waals surface area contributed by atoms with Gasteiger partial charge in [0.2, 0.25) is 5.56 Å². The van der Waals surface area contributed by atoms with E-state index in [1.54, 1.807) is 44.4 Å². The van der Waals surface area contributed by atoms with Gasteiger partial charge in [0.15, 0.2) is 11.6 Å². The van der Waals surface area contributed by atoms with Gasteiger partial charge in [0, 0.05) is 30.9 Å². The van der Waals surface area contributed by atoms with Crippen LogP contribution in [0.3, 0.4) is 0 Å². The van der Waals surface area contributed by atoms with Gasteiger partial charge in [0.05, 0.1) is 5.69 Å². The Morgan fingerprint density at radius 2 is 2.00 bits per heavy atom. The Kier molecular flexibility index (Phi) is 4.31. The van der Waals surface area contributed by atoms with Crippen LogP contribution in [-0.2, 0) is 7.05 Å². The Balaban J connectivity index is 2.03. The van der Waals surface area contributed by atoms with Crippen molar-refractivity contribution in [3.8, 4) is 23.0 Å². The lowest BCUT2D eigenvalue weighted by Gasteiger charge is -2.10. The fraction of sp³-hybridized carbons (Fsp3) is 0.118. The minimum absolute atomic E-state index is 0.0474. The number of benzene rings is 1. The molecule has 0 radical (unpaired) electrons. The number of halogens is 2. The highest BCUT2D eigenvalue weighted by molar-refractivity contribution is 6.29. The molecule has 3 aromatic rings. The second-order valence-corrected chi connectivity index (χ2v) is 5.60. The van der Waals surface area contributed by atoms with Gasteiger partial charge in [-0.1, -0.05) is 23.7 Å². The summed E-state index contributed by atoms with van der Waals surface area (Å²) in [6.45, 7) is 1.72. The maximum absolute atomic E-state index is 13.9. The van der Waals surface area contributed by atoms with Crippen molar-refractivity contribution < 1.29 is 9.13 Å². The van der Waals surface area contributed by atoms with E-state index in [2.05, 4.69) is 9.97 Å². The van der Waals surface area contributed by atoms with Crippen LogP contribution in [0.4, 0.5) is 4.39 Å². The van der Waals surface area contributed by atoms with E-state index in [1.165, 1.54) is 16.7 Å². The van der Waals surface area contributed by atoms with E-state index in [4.69, 9.17) is 16.3 Å². The van der Waals surface area contributed by atoms with Crippen LogP contribution in [0.25, 0.3) is 11.3 Å². The molecule has 0 unspecified atom stereocenters. The smallest absolute Gasteiger partial charge is 0.324 e. The summed E-state index contributed by atoms with van der Waals surface area (Å²) in [5, 5.41) is 0.151. The molecule has 0 fully saturated rings. The topological polar surface area (TPSA) is 57.0 Å². The summed E-state index contributed by atoms with van der Waals surface area (Å²) in [4.78, 5) is 19.7. The summed E-state index contributed by atoms with van der Waals surface area (Å²) in [5.41, 5.74) is 1.60. The molecule has 3 rings (SSSR count).